The van der Waals surface area contributed by atoms with E-state index in [4.69, 9.17) is 0 Å². The summed E-state index contributed by atoms with van der Waals surface area (Å²) < 4.78 is 0. The van der Waals surface area contributed by atoms with Gasteiger partial charge in [0.25, 0.3) is 0 Å². The van der Waals surface area contributed by atoms with Gasteiger partial charge in [0, 0.05) is 0 Å². The second kappa shape index (κ2) is 4.48. The molecule has 0 aliphatic rings. The number of hydrogen-bond donors (Lipinski definition) is 0. The third kappa shape index (κ3) is 4.48. The molecule has 0 bridgehead atoms. The highest BCUT2D eigenvalue weighted by atomic mass is 32.2. The van der Waals surface area contributed by atoms with E-state index in [1.54, 1.807) is 11.6 Å². The third-order valence-corrected chi connectivity index (χ3v) is 0.816. The highest BCUT2D eigenvalue weighted by Gasteiger charge is 1.74. The molecule has 0 N–H and O–H groups in total. The lowest BCUT2D eigenvalue weighted by Crippen LogP contribution is -1.88. The van der Waals surface area contributed by atoms with Crippen molar-refractivity contribution in [1.29, 1.82) is 0 Å². The molecule has 3 heteroatoms. The summed E-state index contributed by atoms with van der Waals surface area (Å²) in [7, 11) is 2.02. The summed E-state index contributed by atoms with van der Waals surface area (Å²) >= 11 is 1.72. The minimum atomic E-state index is 1.72. The maximum atomic E-state index is 2.04. The van der Waals surface area contributed by atoms with Crippen LogP contribution in [0.3, 0.4) is 0 Å². The highest BCUT2D eigenvalue weighted by molar-refractivity contribution is 8.26. The molecule has 0 saturated heterocycles. The largest absolute Gasteiger partial charge is 0.232 e. The van der Waals surface area contributed by atoms with Crippen molar-refractivity contribution in [2.45, 2.75) is 6.82 Å². The SMILES string of the molecule is C[B][B]SC. The Balaban J connectivity index is 2.19. The maximum absolute atomic E-state index is 2.04. The summed E-state index contributed by atoms with van der Waals surface area (Å²) in [5, 5.41) is 0. The van der Waals surface area contributed by atoms with Crippen LogP contribution >= 0.6 is 11.6 Å². The normalized spacial score (nSPS) is 6.80. The molecule has 0 nitrogen and oxygen atoms in total. The molecule has 0 unspecified atom stereocenters. The molecule has 0 aliphatic heterocycles. The summed E-state index contributed by atoms with van der Waals surface area (Å²) in [6.07, 6.45) is 4.08. The van der Waals surface area contributed by atoms with Gasteiger partial charge in [-0.05, 0) is 6.26 Å². The number of hydrogen-bond acceptors (Lipinski definition) is 1. The second-order valence-electron chi connectivity index (χ2n) is 0.705. The van der Waals surface area contributed by atoms with Gasteiger partial charge in [0.05, 0.1) is 7.17 Å². The molecule has 0 aromatic rings. The van der Waals surface area contributed by atoms with Gasteiger partial charge in [0.1, 0.15) is 6.45 Å². The summed E-state index contributed by atoms with van der Waals surface area (Å²) in [5.41, 5.74) is 0. The van der Waals surface area contributed by atoms with E-state index in [9.17, 15) is 0 Å². The van der Waals surface area contributed by atoms with Crippen molar-refractivity contribution in [3.8, 4) is 0 Å². The van der Waals surface area contributed by atoms with E-state index in [0.29, 0.717) is 0 Å². The fourth-order valence-corrected chi connectivity index (χ4v) is 0.408. The number of rotatable bonds is 2. The van der Waals surface area contributed by atoms with Crippen LogP contribution in [0.4, 0.5) is 0 Å². The molecule has 0 spiro atoms. The van der Waals surface area contributed by atoms with Crippen LogP contribution in [0.25, 0.3) is 0 Å². The van der Waals surface area contributed by atoms with Crippen LogP contribution < -0.4 is 0 Å². The van der Waals surface area contributed by atoms with Crippen molar-refractivity contribution in [1.82, 2.24) is 0 Å². The standard InChI is InChI=1S/C2H6B2S/c1-3-4-5-2/h1-2H3. The average Bonchev–Trinajstić information content (AvgIpc) is 1.41. The van der Waals surface area contributed by atoms with Gasteiger partial charge in [-0.15, -0.1) is 0 Å². The van der Waals surface area contributed by atoms with E-state index >= 15 is 0 Å². The first-order valence-electron chi connectivity index (χ1n) is 1.55. The van der Waals surface area contributed by atoms with Crippen molar-refractivity contribution in [2.75, 3.05) is 6.26 Å². The molecule has 2 radical (unpaired) electrons. The molecule has 26 valence electrons. The molecule has 0 atom stereocenters. The van der Waals surface area contributed by atoms with E-state index < -0.39 is 0 Å². The first kappa shape index (κ1) is 5.48. The van der Waals surface area contributed by atoms with Crippen LogP contribution in [-0.2, 0) is 0 Å². The highest BCUT2D eigenvalue weighted by Crippen LogP contribution is 1.80. The van der Waals surface area contributed by atoms with E-state index in [1.165, 1.54) is 0 Å². The third-order valence-electron chi connectivity index (χ3n) is 0.272. The fraction of sp³-hybridized carbons (Fsp3) is 1.00. The Morgan fingerprint density at radius 1 is 1.60 bits per heavy atom. The molecular formula is C2H6B2S. The van der Waals surface area contributed by atoms with Gasteiger partial charge in [0.2, 0.25) is 0 Å². The van der Waals surface area contributed by atoms with Gasteiger partial charge in [-0.1, -0.05) is 6.82 Å². The summed E-state index contributed by atoms with van der Waals surface area (Å²) in [5.74, 6) is 0. The predicted molar refractivity (Wildman–Crippen MR) is 30.9 cm³/mol. The Morgan fingerprint density at radius 2 is 2.20 bits per heavy atom. The molecule has 0 heterocycles. The Morgan fingerprint density at radius 3 is 2.20 bits per heavy atom. The van der Waals surface area contributed by atoms with Gasteiger partial charge >= 0.3 is 0 Å². The first-order chi connectivity index (χ1) is 2.41. The molecule has 0 saturated carbocycles. The summed E-state index contributed by atoms with van der Waals surface area (Å²) in [6, 6.07) is 0. The lowest BCUT2D eigenvalue weighted by atomic mass is 9.57. The van der Waals surface area contributed by atoms with E-state index in [-0.39, 0.29) is 0 Å². The fourth-order valence-electron chi connectivity index (χ4n) is 0.136. The Bertz CT molecular complexity index is 15.1. The zero-order chi connectivity index (χ0) is 4.12. The van der Waals surface area contributed by atoms with Crippen LogP contribution in [0.2, 0.25) is 6.82 Å². The van der Waals surface area contributed by atoms with Crippen LogP contribution in [0.5, 0.6) is 0 Å². The Labute approximate surface area is 39.1 Å². The van der Waals surface area contributed by atoms with E-state index in [0.717, 1.165) is 0 Å². The lowest BCUT2D eigenvalue weighted by molar-refractivity contribution is 2.37. The van der Waals surface area contributed by atoms with Gasteiger partial charge < -0.3 is 0 Å². The molecule has 0 fully saturated rings. The van der Waals surface area contributed by atoms with Crippen molar-refractivity contribution in [3.63, 3.8) is 0 Å². The van der Waals surface area contributed by atoms with E-state index in [2.05, 4.69) is 0 Å². The quantitative estimate of drug-likeness (QED) is 0.442. The topological polar surface area (TPSA) is 0 Å². The van der Waals surface area contributed by atoms with E-state index in [1.807, 2.05) is 26.7 Å². The Hall–Kier alpha value is 0.480. The van der Waals surface area contributed by atoms with Crippen LogP contribution in [0, 0.1) is 0 Å². The minimum absolute atomic E-state index is 1.72. The van der Waals surface area contributed by atoms with Crippen molar-refractivity contribution < 1.29 is 0 Å². The minimum Gasteiger partial charge on any atom is -0.232 e. The van der Waals surface area contributed by atoms with Gasteiger partial charge in [-0.2, -0.15) is 0 Å². The van der Waals surface area contributed by atoms with Crippen LogP contribution in [0.15, 0.2) is 0 Å². The van der Waals surface area contributed by atoms with Crippen LogP contribution in [0.1, 0.15) is 0 Å². The average molecular weight is 83.8 g/mol. The smallest absolute Gasteiger partial charge is 0.144 e. The molecule has 0 aromatic carbocycles. The maximum Gasteiger partial charge on any atom is 0.144 e. The summed E-state index contributed by atoms with van der Waals surface area (Å²) in [4.78, 5) is 0. The Kier molecular flexibility index (Phi) is 4.91. The zero-order valence-electron chi connectivity index (χ0n) is 3.56. The zero-order valence-corrected chi connectivity index (χ0v) is 4.38. The lowest BCUT2D eigenvalue weighted by Gasteiger charge is -1.75. The van der Waals surface area contributed by atoms with Gasteiger partial charge in [0.15, 0.2) is 0 Å². The predicted octanol–water partition coefficient (Wildman–Crippen LogP) is 0.636. The van der Waals surface area contributed by atoms with Gasteiger partial charge in [-0.3, -0.25) is 0 Å². The van der Waals surface area contributed by atoms with Gasteiger partial charge in [-0.25, -0.2) is 11.6 Å². The molecule has 0 amide bonds. The van der Waals surface area contributed by atoms with Crippen molar-refractivity contribution >= 4 is 25.2 Å². The molecule has 0 rings (SSSR count). The van der Waals surface area contributed by atoms with Crippen molar-refractivity contribution in [2.24, 2.45) is 0 Å². The summed E-state index contributed by atoms with van der Waals surface area (Å²) in [6.45, 7) is 2.01. The first-order valence-corrected chi connectivity index (χ1v) is 2.84. The van der Waals surface area contributed by atoms with Crippen LogP contribution in [-0.4, -0.2) is 19.9 Å². The molecule has 0 aromatic heterocycles. The molecule has 5 heavy (non-hydrogen) atoms. The molecule has 0 aliphatic carbocycles. The second-order valence-corrected chi connectivity index (χ2v) is 1.45. The van der Waals surface area contributed by atoms with Crippen molar-refractivity contribution in [3.05, 3.63) is 0 Å². The monoisotopic (exact) mass is 84.0 g/mol. The molecular weight excluding hydrogens is 77.7 g/mol.